The van der Waals surface area contributed by atoms with E-state index in [-0.39, 0.29) is 17.1 Å². The largest absolute Gasteiger partial charge is 0.441 e. The number of ether oxygens (including phenoxy) is 1. The van der Waals surface area contributed by atoms with E-state index >= 15 is 0 Å². The van der Waals surface area contributed by atoms with Gasteiger partial charge in [-0.15, -0.1) is 0 Å². The van der Waals surface area contributed by atoms with E-state index in [4.69, 9.17) is 4.74 Å². The molecule has 0 aromatic heterocycles. The van der Waals surface area contributed by atoms with Crippen molar-refractivity contribution in [2.24, 2.45) is 11.3 Å². The van der Waals surface area contributed by atoms with Crippen LogP contribution in [-0.4, -0.2) is 42.8 Å². The van der Waals surface area contributed by atoms with Crippen LogP contribution in [0.4, 0.5) is 4.79 Å². The van der Waals surface area contributed by atoms with Crippen molar-refractivity contribution in [3.05, 3.63) is 0 Å². The van der Waals surface area contributed by atoms with Crippen LogP contribution >= 0.6 is 0 Å². The number of nitrogens with one attached hydrogen (secondary N) is 1. The summed E-state index contributed by atoms with van der Waals surface area (Å²) in [7, 11) is 0. The van der Waals surface area contributed by atoms with E-state index in [1.54, 1.807) is 0 Å². The molecule has 0 bridgehead atoms. The Labute approximate surface area is 110 Å². The predicted molar refractivity (Wildman–Crippen MR) is 71.5 cm³/mol. The molecule has 2 rings (SSSR count). The standard InChI is InChI=1S/C14H26N2O2/c1-13(2,3)9-16-10-14(4,18-12(16)17)11-6-5-7-15-8-11/h11,15H,5-10H2,1-4H3. The van der Waals surface area contributed by atoms with Crippen LogP contribution in [0.5, 0.6) is 0 Å². The fraction of sp³-hybridized carbons (Fsp3) is 0.929. The summed E-state index contributed by atoms with van der Waals surface area (Å²) in [6, 6.07) is 0. The molecule has 18 heavy (non-hydrogen) atoms. The molecule has 0 aromatic rings. The Hall–Kier alpha value is -0.770. The van der Waals surface area contributed by atoms with Gasteiger partial charge in [-0.3, -0.25) is 0 Å². The second kappa shape index (κ2) is 4.72. The number of nitrogens with zero attached hydrogens (tertiary/aromatic N) is 1. The second-order valence-electron chi connectivity index (χ2n) is 7.14. The third-order valence-corrected chi connectivity index (χ3v) is 3.91. The number of carbonyl (C=O) groups is 1. The molecule has 2 unspecified atom stereocenters. The molecule has 0 aliphatic carbocycles. The molecule has 1 amide bonds. The Balaban J connectivity index is 2.01. The Morgan fingerprint density at radius 2 is 2.22 bits per heavy atom. The van der Waals surface area contributed by atoms with Gasteiger partial charge < -0.3 is 15.0 Å². The third kappa shape index (κ3) is 2.97. The van der Waals surface area contributed by atoms with Crippen molar-refractivity contribution < 1.29 is 9.53 Å². The minimum atomic E-state index is -0.310. The maximum atomic E-state index is 12.0. The lowest BCUT2D eigenvalue weighted by molar-refractivity contribution is 0.0121. The van der Waals surface area contributed by atoms with E-state index in [2.05, 4.69) is 33.0 Å². The highest BCUT2D eigenvalue weighted by Crippen LogP contribution is 2.34. The monoisotopic (exact) mass is 254 g/mol. The number of hydrogen-bond donors (Lipinski definition) is 1. The number of piperidine rings is 1. The SMILES string of the molecule is CC(C)(C)CN1CC(C)(C2CCCNC2)OC1=O. The van der Waals surface area contributed by atoms with Crippen LogP contribution in [0.25, 0.3) is 0 Å². The smallest absolute Gasteiger partial charge is 0.410 e. The van der Waals surface area contributed by atoms with E-state index < -0.39 is 0 Å². The maximum absolute atomic E-state index is 12.0. The van der Waals surface area contributed by atoms with Crippen molar-refractivity contribution in [3.8, 4) is 0 Å². The minimum Gasteiger partial charge on any atom is -0.441 e. The maximum Gasteiger partial charge on any atom is 0.410 e. The summed E-state index contributed by atoms with van der Waals surface area (Å²) in [5.41, 5.74) is -0.190. The van der Waals surface area contributed by atoms with Crippen molar-refractivity contribution in [1.82, 2.24) is 10.2 Å². The molecule has 2 atom stereocenters. The normalized spacial score (nSPS) is 33.7. The summed E-state index contributed by atoms with van der Waals surface area (Å²) in [5, 5.41) is 3.41. The van der Waals surface area contributed by atoms with Gasteiger partial charge in [0.2, 0.25) is 0 Å². The molecular formula is C14H26N2O2. The fourth-order valence-electron chi connectivity index (χ4n) is 3.02. The zero-order chi connectivity index (χ0) is 13.4. The molecule has 4 heteroatoms. The van der Waals surface area contributed by atoms with Gasteiger partial charge in [0.1, 0.15) is 5.60 Å². The number of hydrogen-bond acceptors (Lipinski definition) is 3. The van der Waals surface area contributed by atoms with Crippen LogP contribution < -0.4 is 5.32 Å². The summed E-state index contributed by atoms with van der Waals surface area (Å²) in [6.07, 6.45) is 2.19. The van der Waals surface area contributed by atoms with Gasteiger partial charge in [-0.2, -0.15) is 0 Å². The molecule has 0 aromatic carbocycles. The van der Waals surface area contributed by atoms with Gasteiger partial charge >= 0.3 is 6.09 Å². The summed E-state index contributed by atoms with van der Waals surface area (Å²) in [4.78, 5) is 13.9. The van der Waals surface area contributed by atoms with Gasteiger partial charge in [0.15, 0.2) is 0 Å². The molecule has 2 fully saturated rings. The lowest BCUT2D eigenvalue weighted by Crippen LogP contribution is -2.47. The van der Waals surface area contributed by atoms with Gasteiger partial charge in [-0.25, -0.2) is 4.79 Å². The van der Waals surface area contributed by atoms with Gasteiger partial charge in [0.05, 0.1) is 6.54 Å². The zero-order valence-electron chi connectivity index (χ0n) is 12.1. The number of amides is 1. The van der Waals surface area contributed by atoms with Gasteiger partial charge in [-0.1, -0.05) is 20.8 Å². The molecule has 0 spiro atoms. The van der Waals surface area contributed by atoms with Crippen molar-refractivity contribution in [2.45, 2.75) is 46.1 Å². The van der Waals surface area contributed by atoms with E-state index in [9.17, 15) is 4.79 Å². The Morgan fingerprint density at radius 3 is 2.78 bits per heavy atom. The van der Waals surface area contributed by atoms with Gasteiger partial charge in [-0.05, 0) is 31.7 Å². The summed E-state index contributed by atoms with van der Waals surface area (Å²) in [5.74, 6) is 0.445. The van der Waals surface area contributed by atoms with Crippen LogP contribution in [0.1, 0.15) is 40.5 Å². The number of cyclic esters (lactones) is 1. The molecule has 2 aliphatic rings. The van der Waals surface area contributed by atoms with Crippen LogP contribution in [0.2, 0.25) is 0 Å². The van der Waals surface area contributed by atoms with E-state index in [1.807, 2.05) is 4.90 Å². The lowest BCUT2D eigenvalue weighted by Gasteiger charge is -2.35. The molecule has 2 aliphatic heterocycles. The first-order chi connectivity index (χ1) is 8.30. The molecule has 2 heterocycles. The van der Waals surface area contributed by atoms with Crippen molar-refractivity contribution in [2.75, 3.05) is 26.2 Å². The minimum absolute atomic E-state index is 0.120. The van der Waals surface area contributed by atoms with Crippen LogP contribution in [0.15, 0.2) is 0 Å². The van der Waals surface area contributed by atoms with Crippen LogP contribution in [0, 0.1) is 11.3 Å². The average molecular weight is 254 g/mol. The Kier molecular flexibility index (Phi) is 3.58. The average Bonchev–Trinajstić information content (AvgIpc) is 2.54. The molecule has 4 nitrogen and oxygen atoms in total. The quantitative estimate of drug-likeness (QED) is 0.821. The van der Waals surface area contributed by atoms with E-state index in [1.165, 1.54) is 6.42 Å². The van der Waals surface area contributed by atoms with Crippen molar-refractivity contribution in [3.63, 3.8) is 0 Å². The Bertz CT molecular complexity index is 318. The van der Waals surface area contributed by atoms with Crippen LogP contribution in [-0.2, 0) is 4.74 Å². The molecule has 2 saturated heterocycles. The summed E-state index contributed by atoms with van der Waals surface area (Å²) < 4.78 is 5.69. The first-order valence-corrected chi connectivity index (χ1v) is 6.99. The highest BCUT2D eigenvalue weighted by Gasteiger charge is 2.47. The highest BCUT2D eigenvalue weighted by molar-refractivity contribution is 5.70. The van der Waals surface area contributed by atoms with Crippen molar-refractivity contribution in [1.29, 1.82) is 0 Å². The fourth-order valence-corrected chi connectivity index (χ4v) is 3.02. The van der Waals surface area contributed by atoms with E-state index in [0.717, 1.165) is 32.6 Å². The molecular weight excluding hydrogens is 228 g/mol. The first-order valence-electron chi connectivity index (χ1n) is 6.99. The van der Waals surface area contributed by atoms with Crippen LogP contribution in [0.3, 0.4) is 0 Å². The van der Waals surface area contributed by atoms with Gasteiger partial charge in [0.25, 0.3) is 0 Å². The first kappa shape index (κ1) is 13.7. The topological polar surface area (TPSA) is 41.6 Å². The van der Waals surface area contributed by atoms with E-state index in [0.29, 0.717) is 5.92 Å². The zero-order valence-corrected chi connectivity index (χ0v) is 12.1. The van der Waals surface area contributed by atoms with Gasteiger partial charge in [0, 0.05) is 19.0 Å². The lowest BCUT2D eigenvalue weighted by atomic mass is 9.83. The number of carbonyl (C=O) groups excluding carboxylic acids is 1. The predicted octanol–water partition coefficient (Wildman–Crippen LogP) is 2.24. The Morgan fingerprint density at radius 1 is 1.50 bits per heavy atom. The summed E-state index contributed by atoms with van der Waals surface area (Å²) >= 11 is 0. The van der Waals surface area contributed by atoms with Crippen molar-refractivity contribution >= 4 is 6.09 Å². The highest BCUT2D eigenvalue weighted by atomic mass is 16.6. The molecule has 0 radical (unpaired) electrons. The molecule has 0 saturated carbocycles. The third-order valence-electron chi connectivity index (χ3n) is 3.91. The molecule has 1 N–H and O–H groups in total. The summed E-state index contributed by atoms with van der Waals surface area (Å²) in [6.45, 7) is 12.1. The second-order valence-corrected chi connectivity index (χ2v) is 7.14. The number of rotatable bonds is 2. The molecule has 104 valence electrons.